The van der Waals surface area contributed by atoms with E-state index >= 15 is 0 Å². The number of rotatable bonds is 5. The van der Waals surface area contributed by atoms with E-state index in [9.17, 15) is 18.0 Å². The van der Waals surface area contributed by atoms with E-state index < -0.39 is 11.9 Å². The molecule has 1 saturated heterocycles. The van der Waals surface area contributed by atoms with Gasteiger partial charge in [0.2, 0.25) is 5.56 Å². The van der Waals surface area contributed by atoms with Gasteiger partial charge in [0.25, 0.3) is 0 Å². The van der Waals surface area contributed by atoms with Crippen molar-refractivity contribution in [2.45, 2.75) is 19.0 Å². The Morgan fingerprint density at radius 3 is 2.68 bits per heavy atom. The smallest absolute Gasteiger partial charge is 0.437 e. The second-order valence-electron chi connectivity index (χ2n) is 7.60. The predicted octanol–water partition coefficient (Wildman–Crippen LogP) is 4.75. The Balaban J connectivity index is 1.48. The van der Waals surface area contributed by atoms with E-state index in [2.05, 4.69) is 14.9 Å². The third-order valence-electron chi connectivity index (χ3n) is 5.31. The van der Waals surface area contributed by atoms with Crippen LogP contribution in [-0.2, 0) is 6.18 Å². The van der Waals surface area contributed by atoms with Crippen LogP contribution in [0, 0.1) is 5.92 Å². The van der Waals surface area contributed by atoms with Crippen LogP contribution in [0.4, 0.5) is 19.0 Å². The third-order valence-corrected chi connectivity index (χ3v) is 5.31. The van der Waals surface area contributed by atoms with Gasteiger partial charge < -0.3 is 14.6 Å². The summed E-state index contributed by atoms with van der Waals surface area (Å²) in [6, 6.07) is 15.8. The quantitative estimate of drug-likeness (QED) is 0.636. The van der Waals surface area contributed by atoms with Crippen molar-refractivity contribution in [3.63, 3.8) is 0 Å². The minimum atomic E-state index is -4.56. The highest BCUT2D eigenvalue weighted by Gasteiger charge is 2.36. The monoisotopic (exact) mass is 429 g/mol. The molecule has 8 heteroatoms. The summed E-state index contributed by atoms with van der Waals surface area (Å²) in [5.74, 6) is 0.471. The van der Waals surface area contributed by atoms with Crippen LogP contribution in [-0.4, -0.2) is 29.7 Å². The molecule has 0 saturated carbocycles. The maximum absolute atomic E-state index is 13.1. The van der Waals surface area contributed by atoms with Crippen molar-refractivity contribution in [2.75, 3.05) is 24.6 Å². The average Bonchev–Trinajstić information content (AvgIpc) is 2.78. The molecular formula is C23H22F3N3O2. The summed E-state index contributed by atoms with van der Waals surface area (Å²) in [5, 5.41) is 0. The fourth-order valence-corrected chi connectivity index (χ4v) is 3.84. The number of nitrogens with zero attached hydrogens (tertiary/aromatic N) is 2. The lowest BCUT2D eigenvalue weighted by Crippen LogP contribution is -2.39. The number of benzene rings is 1. The summed E-state index contributed by atoms with van der Waals surface area (Å²) in [4.78, 5) is 20.6. The zero-order chi connectivity index (χ0) is 21.8. The second kappa shape index (κ2) is 8.83. The van der Waals surface area contributed by atoms with Crippen LogP contribution < -0.4 is 15.2 Å². The summed E-state index contributed by atoms with van der Waals surface area (Å²) in [7, 11) is 0. The molecule has 162 valence electrons. The first-order valence-corrected chi connectivity index (χ1v) is 10.1. The van der Waals surface area contributed by atoms with Crippen LogP contribution in [0.15, 0.2) is 65.6 Å². The van der Waals surface area contributed by atoms with E-state index in [0.717, 1.165) is 36.7 Å². The number of pyridine rings is 2. The van der Waals surface area contributed by atoms with Gasteiger partial charge in [-0.05, 0) is 42.2 Å². The average molecular weight is 429 g/mol. The Morgan fingerprint density at radius 1 is 1.10 bits per heavy atom. The molecule has 1 atom stereocenters. The molecule has 1 aliphatic rings. The molecule has 1 fully saturated rings. The minimum absolute atomic E-state index is 0.0268. The Hall–Kier alpha value is -3.29. The van der Waals surface area contributed by atoms with E-state index in [1.807, 2.05) is 36.4 Å². The van der Waals surface area contributed by atoms with Crippen molar-refractivity contribution < 1.29 is 17.9 Å². The number of anilines is 1. The van der Waals surface area contributed by atoms with Gasteiger partial charge >= 0.3 is 6.18 Å². The second-order valence-corrected chi connectivity index (χ2v) is 7.60. The van der Waals surface area contributed by atoms with Gasteiger partial charge in [-0.2, -0.15) is 13.2 Å². The van der Waals surface area contributed by atoms with Gasteiger partial charge in [0.05, 0.1) is 6.61 Å². The van der Waals surface area contributed by atoms with E-state index in [-0.39, 0.29) is 23.8 Å². The summed E-state index contributed by atoms with van der Waals surface area (Å²) in [6.45, 7) is 1.48. The zero-order valence-electron chi connectivity index (χ0n) is 16.7. The highest BCUT2D eigenvalue weighted by Crippen LogP contribution is 2.34. The first kappa shape index (κ1) is 21.0. The lowest BCUT2D eigenvalue weighted by atomic mass is 9.98. The summed E-state index contributed by atoms with van der Waals surface area (Å²) in [6.07, 6.45) is -1.77. The van der Waals surface area contributed by atoms with Gasteiger partial charge in [-0.25, -0.2) is 4.98 Å². The van der Waals surface area contributed by atoms with Crippen molar-refractivity contribution in [3.05, 3.63) is 76.8 Å². The lowest BCUT2D eigenvalue weighted by Gasteiger charge is -2.34. The number of nitrogens with one attached hydrogen (secondary N) is 1. The number of hydrogen-bond donors (Lipinski definition) is 1. The number of halogens is 3. The molecule has 5 nitrogen and oxygen atoms in total. The van der Waals surface area contributed by atoms with Crippen LogP contribution in [0.3, 0.4) is 0 Å². The molecule has 1 N–H and O–H groups in total. The van der Waals surface area contributed by atoms with E-state index in [1.54, 1.807) is 6.07 Å². The summed E-state index contributed by atoms with van der Waals surface area (Å²) < 4.78 is 44.9. The third kappa shape index (κ3) is 5.07. The van der Waals surface area contributed by atoms with Crippen molar-refractivity contribution >= 4 is 5.82 Å². The van der Waals surface area contributed by atoms with Crippen molar-refractivity contribution in [3.8, 4) is 16.9 Å². The van der Waals surface area contributed by atoms with Gasteiger partial charge in [-0.15, -0.1) is 0 Å². The largest absolute Gasteiger partial charge is 0.491 e. The molecule has 0 unspecified atom stereocenters. The van der Waals surface area contributed by atoms with Crippen LogP contribution in [0.25, 0.3) is 11.1 Å². The van der Waals surface area contributed by atoms with Crippen molar-refractivity contribution in [2.24, 2.45) is 5.92 Å². The molecule has 31 heavy (non-hydrogen) atoms. The predicted molar refractivity (Wildman–Crippen MR) is 112 cm³/mol. The number of aromatic nitrogens is 2. The lowest BCUT2D eigenvalue weighted by molar-refractivity contribution is -0.142. The number of hydrogen-bond acceptors (Lipinski definition) is 4. The standard InChI is InChI=1S/C23H22F3N3O2/c24-23(25,26)22-19(9-4-10-27-22)31-15-16-6-5-11-29(14-16)20-12-18(13-21(30)28-20)17-7-2-1-3-8-17/h1-4,7-10,12-13,16H,5-6,11,14-15H2,(H,28,30)/t16-/m0/s1. The van der Waals surface area contributed by atoms with E-state index in [0.29, 0.717) is 12.4 Å². The fraction of sp³-hybridized carbons (Fsp3) is 0.304. The molecule has 3 heterocycles. The summed E-state index contributed by atoms with van der Waals surface area (Å²) >= 11 is 0. The molecule has 0 radical (unpaired) electrons. The van der Waals surface area contributed by atoms with Crippen molar-refractivity contribution in [1.82, 2.24) is 9.97 Å². The van der Waals surface area contributed by atoms with E-state index in [1.165, 1.54) is 12.1 Å². The zero-order valence-corrected chi connectivity index (χ0v) is 16.7. The first-order chi connectivity index (χ1) is 14.9. The molecule has 1 aliphatic heterocycles. The van der Waals surface area contributed by atoms with Gasteiger partial charge in [-0.1, -0.05) is 30.3 Å². The fourth-order valence-electron chi connectivity index (χ4n) is 3.84. The highest BCUT2D eigenvalue weighted by atomic mass is 19.4. The molecule has 0 bridgehead atoms. The Morgan fingerprint density at radius 2 is 1.90 bits per heavy atom. The minimum Gasteiger partial charge on any atom is -0.491 e. The molecular weight excluding hydrogens is 407 g/mol. The van der Waals surface area contributed by atoms with Gasteiger partial charge in [0.15, 0.2) is 5.69 Å². The van der Waals surface area contributed by atoms with Gasteiger partial charge in [-0.3, -0.25) is 4.79 Å². The normalized spacial score (nSPS) is 16.9. The molecule has 2 aromatic heterocycles. The molecule has 4 rings (SSSR count). The highest BCUT2D eigenvalue weighted by molar-refractivity contribution is 5.66. The molecule has 0 spiro atoms. The van der Waals surface area contributed by atoms with Crippen LogP contribution in [0.5, 0.6) is 5.75 Å². The summed E-state index contributed by atoms with van der Waals surface area (Å²) in [5.41, 5.74) is 0.563. The maximum Gasteiger partial charge on any atom is 0.437 e. The first-order valence-electron chi connectivity index (χ1n) is 10.1. The topological polar surface area (TPSA) is 58.2 Å². The number of ether oxygens (including phenoxy) is 1. The molecule has 1 aromatic carbocycles. The van der Waals surface area contributed by atoms with Gasteiger partial charge in [0.1, 0.15) is 11.6 Å². The molecule has 0 aliphatic carbocycles. The van der Waals surface area contributed by atoms with Crippen LogP contribution in [0.1, 0.15) is 18.5 Å². The van der Waals surface area contributed by atoms with E-state index in [4.69, 9.17) is 4.74 Å². The number of H-pyrrole nitrogens is 1. The Kier molecular flexibility index (Phi) is 5.97. The Labute approximate surface area is 177 Å². The van der Waals surface area contributed by atoms with Crippen LogP contribution in [0.2, 0.25) is 0 Å². The van der Waals surface area contributed by atoms with Gasteiger partial charge in [0, 0.05) is 31.3 Å². The van der Waals surface area contributed by atoms with Crippen molar-refractivity contribution in [1.29, 1.82) is 0 Å². The molecule has 3 aromatic rings. The maximum atomic E-state index is 13.1. The SMILES string of the molecule is O=c1cc(-c2ccccc2)cc(N2CCC[C@H](COc3cccnc3C(F)(F)F)C2)[nH]1. The molecule has 0 amide bonds. The number of alkyl halides is 3. The number of piperidine rings is 1. The van der Waals surface area contributed by atoms with Crippen LogP contribution >= 0.6 is 0 Å². The number of aromatic amines is 1. The Bertz CT molecular complexity index is 1080.